The van der Waals surface area contributed by atoms with Crippen LogP contribution in [0.3, 0.4) is 0 Å². The van der Waals surface area contributed by atoms with Crippen molar-refractivity contribution in [3.8, 4) is 0 Å². The summed E-state index contributed by atoms with van der Waals surface area (Å²) in [5.41, 5.74) is 3.83. The normalized spacial score (nSPS) is 18.3. The summed E-state index contributed by atoms with van der Waals surface area (Å²) < 4.78 is 0. The summed E-state index contributed by atoms with van der Waals surface area (Å²) in [6.07, 6.45) is 6.46. The van der Waals surface area contributed by atoms with Crippen molar-refractivity contribution in [2.45, 2.75) is 50.6 Å². The van der Waals surface area contributed by atoms with E-state index < -0.39 is 11.8 Å². The first kappa shape index (κ1) is 19.7. The number of hydrogen-bond acceptors (Lipinski definition) is 4. The van der Waals surface area contributed by atoms with E-state index in [-0.39, 0.29) is 12.1 Å². The third-order valence-corrected chi connectivity index (χ3v) is 5.82. The Bertz CT molecular complexity index is 683. The van der Waals surface area contributed by atoms with E-state index in [2.05, 4.69) is 45.7 Å². The highest BCUT2D eigenvalue weighted by atomic mass is 16.2. The number of nitrogens with one attached hydrogen (secondary N) is 2. The van der Waals surface area contributed by atoms with Crippen LogP contribution in [0.4, 0.5) is 5.69 Å². The Labute approximate surface area is 162 Å². The Morgan fingerprint density at radius 2 is 1.93 bits per heavy atom. The van der Waals surface area contributed by atoms with E-state index in [1.54, 1.807) is 0 Å². The zero-order chi connectivity index (χ0) is 19.4. The lowest BCUT2D eigenvalue weighted by Crippen LogP contribution is -2.45. The molecule has 1 aromatic carbocycles. The van der Waals surface area contributed by atoms with Gasteiger partial charge in [-0.2, -0.15) is 0 Å². The van der Waals surface area contributed by atoms with Crippen LogP contribution in [-0.4, -0.2) is 57.0 Å². The second kappa shape index (κ2) is 8.74. The molecule has 6 heteroatoms. The number of likely N-dealkylation sites (N-methyl/N-ethyl adjacent to an activating group) is 1. The van der Waals surface area contributed by atoms with Gasteiger partial charge in [0, 0.05) is 31.9 Å². The van der Waals surface area contributed by atoms with Crippen LogP contribution in [0.1, 0.15) is 49.3 Å². The molecule has 2 amide bonds. The number of rotatable bonds is 5. The van der Waals surface area contributed by atoms with Crippen molar-refractivity contribution < 1.29 is 9.59 Å². The summed E-state index contributed by atoms with van der Waals surface area (Å²) >= 11 is 0. The number of nitrogens with zero attached hydrogens (tertiary/aromatic N) is 2. The van der Waals surface area contributed by atoms with Gasteiger partial charge in [-0.05, 0) is 57.0 Å². The Morgan fingerprint density at radius 3 is 2.63 bits per heavy atom. The van der Waals surface area contributed by atoms with Crippen molar-refractivity contribution in [1.29, 1.82) is 0 Å². The van der Waals surface area contributed by atoms with Gasteiger partial charge in [-0.1, -0.05) is 25.0 Å². The van der Waals surface area contributed by atoms with Crippen LogP contribution in [0.2, 0.25) is 0 Å². The first-order chi connectivity index (χ1) is 13.0. The van der Waals surface area contributed by atoms with Crippen molar-refractivity contribution in [3.05, 3.63) is 29.3 Å². The summed E-state index contributed by atoms with van der Waals surface area (Å²) in [4.78, 5) is 28.7. The predicted octanol–water partition coefficient (Wildman–Crippen LogP) is 1.85. The topological polar surface area (TPSA) is 64.7 Å². The molecule has 27 heavy (non-hydrogen) atoms. The average molecular weight is 373 g/mol. The maximum atomic E-state index is 12.2. The molecular formula is C21H32N4O2. The van der Waals surface area contributed by atoms with Crippen LogP contribution in [0, 0.1) is 0 Å². The van der Waals surface area contributed by atoms with Gasteiger partial charge in [-0.25, -0.2) is 0 Å². The number of amides is 2. The first-order valence-corrected chi connectivity index (χ1v) is 10.0. The fourth-order valence-electron chi connectivity index (χ4n) is 4.20. The van der Waals surface area contributed by atoms with Crippen molar-refractivity contribution in [2.75, 3.05) is 39.1 Å². The van der Waals surface area contributed by atoms with Gasteiger partial charge in [-0.3, -0.25) is 9.59 Å². The van der Waals surface area contributed by atoms with Gasteiger partial charge in [0.05, 0.1) is 6.04 Å². The molecule has 2 N–H and O–H groups in total. The fraction of sp³-hybridized carbons (Fsp3) is 0.619. The molecule has 0 radical (unpaired) electrons. The summed E-state index contributed by atoms with van der Waals surface area (Å²) in [7, 11) is 6.13. The highest BCUT2D eigenvalue weighted by molar-refractivity contribution is 6.35. The summed E-state index contributed by atoms with van der Waals surface area (Å²) in [5.74, 6) is -1.04. The van der Waals surface area contributed by atoms with E-state index in [0.29, 0.717) is 6.54 Å². The maximum Gasteiger partial charge on any atom is 0.309 e. The zero-order valence-corrected chi connectivity index (χ0v) is 16.8. The predicted molar refractivity (Wildman–Crippen MR) is 108 cm³/mol. The van der Waals surface area contributed by atoms with E-state index in [0.717, 1.165) is 45.1 Å². The number of carbonyl (C=O) groups is 2. The molecule has 148 valence electrons. The smallest absolute Gasteiger partial charge is 0.309 e. The molecule has 1 aliphatic heterocycles. The Hall–Kier alpha value is -2.08. The minimum atomic E-state index is -0.536. The minimum Gasteiger partial charge on any atom is -0.374 e. The van der Waals surface area contributed by atoms with Crippen LogP contribution >= 0.6 is 0 Å². The lowest BCUT2D eigenvalue weighted by atomic mass is 9.96. The SMILES string of the molecule is CN1CCCc2cc([C@H](CNC(=O)C(=O)NC3CCCC3)N(C)C)ccc21. The fourth-order valence-corrected chi connectivity index (χ4v) is 4.20. The second-order valence-electron chi connectivity index (χ2n) is 8.06. The maximum absolute atomic E-state index is 12.2. The second-order valence-corrected chi connectivity index (χ2v) is 8.06. The van der Waals surface area contributed by atoms with Gasteiger partial charge in [0.1, 0.15) is 0 Å². The van der Waals surface area contributed by atoms with Gasteiger partial charge in [-0.15, -0.1) is 0 Å². The number of hydrogen-bond donors (Lipinski definition) is 2. The highest BCUT2D eigenvalue weighted by Crippen LogP contribution is 2.29. The molecular weight excluding hydrogens is 340 g/mol. The molecule has 1 fully saturated rings. The van der Waals surface area contributed by atoms with Crippen molar-refractivity contribution in [3.63, 3.8) is 0 Å². The van der Waals surface area contributed by atoms with Crippen molar-refractivity contribution in [2.24, 2.45) is 0 Å². The summed E-state index contributed by atoms with van der Waals surface area (Å²) in [6, 6.07) is 6.75. The Morgan fingerprint density at radius 1 is 1.19 bits per heavy atom. The zero-order valence-electron chi connectivity index (χ0n) is 16.8. The number of benzene rings is 1. The number of fused-ring (bicyclic) bond motifs is 1. The summed E-state index contributed by atoms with van der Waals surface area (Å²) in [6.45, 7) is 1.51. The molecule has 0 spiro atoms. The van der Waals surface area contributed by atoms with Crippen LogP contribution in [0.5, 0.6) is 0 Å². The highest BCUT2D eigenvalue weighted by Gasteiger charge is 2.23. The van der Waals surface area contributed by atoms with Crippen LogP contribution in [0.25, 0.3) is 0 Å². The summed E-state index contributed by atoms with van der Waals surface area (Å²) in [5, 5.41) is 5.67. The molecule has 1 aromatic rings. The lowest BCUT2D eigenvalue weighted by Gasteiger charge is -2.30. The number of aryl methyl sites for hydroxylation is 1. The van der Waals surface area contributed by atoms with Crippen LogP contribution < -0.4 is 15.5 Å². The minimum absolute atomic E-state index is 0.0331. The van der Waals surface area contributed by atoms with Crippen molar-refractivity contribution in [1.82, 2.24) is 15.5 Å². The molecule has 0 bridgehead atoms. The monoisotopic (exact) mass is 372 g/mol. The Kier molecular flexibility index (Phi) is 6.37. The molecule has 3 rings (SSSR count). The van der Waals surface area contributed by atoms with Gasteiger partial charge < -0.3 is 20.4 Å². The molecule has 1 aliphatic carbocycles. The van der Waals surface area contributed by atoms with E-state index in [9.17, 15) is 9.59 Å². The van der Waals surface area contributed by atoms with Gasteiger partial charge >= 0.3 is 11.8 Å². The molecule has 0 aromatic heterocycles. The average Bonchev–Trinajstić information content (AvgIpc) is 3.14. The third kappa shape index (κ3) is 4.80. The molecule has 6 nitrogen and oxygen atoms in total. The standard InChI is InChI=1S/C21H32N4O2/c1-24(2)19(14-22-20(26)21(27)23-17-8-4-5-9-17)16-10-11-18-15(13-16)7-6-12-25(18)3/h10-11,13,17,19H,4-9,12,14H2,1-3H3,(H,22,26)(H,23,27)/t19-/m0/s1. The molecule has 2 aliphatic rings. The number of carbonyl (C=O) groups excluding carboxylic acids is 2. The van der Waals surface area contributed by atoms with E-state index in [4.69, 9.17) is 0 Å². The van der Waals surface area contributed by atoms with E-state index >= 15 is 0 Å². The van der Waals surface area contributed by atoms with Crippen LogP contribution in [0.15, 0.2) is 18.2 Å². The molecule has 1 atom stereocenters. The van der Waals surface area contributed by atoms with Gasteiger partial charge in [0.25, 0.3) is 0 Å². The molecule has 0 unspecified atom stereocenters. The quantitative estimate of drug-likeness (QED) is 0.774. The molecule has 0 saturated heterocycles. The Balaban J connectivity index is 1.62. The third-order valence-electron chi connectivity index (χ3n) is 5.82. The molecule has 1 heterocycles. The first-order valence-electron chi connectivity index (χ1n) is 10.0. The van der Waals surface area contributed by atoms with Gasteiger partial charge in [0.15, 0.2) is 0 Å². The van der Waals surface area contributed by atoms with Gasteiger partial charge in [0.2, 0.25) is 0 Å². The van der Waals surface area contributed by atoms with Crippen molar-refractivity contribution >= 4 is 17.5 Å². The van der Waals surface area contributed by atoms with Crippen LogP contribution in [-0.2, 0) is 16.0 Å². The largest absolute Gasteiger partial charge is 0.374 e. The van der Waals surface area contributed by atoms with E-state index in [1.165, 1.54) is 16.8 Å². The number of anilines is 1. The molecule has 1 saturated carbocycles. The van der Waals surface area contributed by atoms with E-state index in [1.807, 2.05) is 14.1 Å². The lowest BCUT2D eigenvalue weighted by molar-refractivity contribution is -0.139.